The van der Waals surface area contributed by atoms with Crippen LogP contribution in [-0.2, 0) is 6.54 Å². The molecule has 0 saturated heterocycles. The molecule has 1 heterocycles. The molecule has 4 nitrogen and oxygen atoms in total. The molecule has 0 atom stereocenters. The van der Waals surface area contributed by atoms with Crippen molar-refractivity contribution in [1.82, 2.24) is 5.32 Å². The van der Waals surface area contributed by atoms with Crippen LogP contribution in [0.5, 0.6) is 5.75 Å². The molecule has 1 aromatic heterocycles. The van der Waals surface area contributed by atoms with Gasteiger partial charge in [0, 0.05) is 18.2 Å². The molecular formula is C12H10FNO3. The van der Waals surface area contributed by atoms with Gasteiger partial charge in [-0.2, -0.15) is 0 Å². The monoisotopic (exact) mass is 235 g/mol. The van der Waals surface area contributed by atoms with E-state index >= 15 is 0 Å². The molecule has 1 amide bonds. The third-order valence-electron chi connectivity index (χ3n) is 2.24. The van der Waals surface area contributed by atoms with Crippen LogP contribution in [0.2, 0.25) is 0 Å². The van der Waals surface area contributed by atoms with Gasteiger partial charge in [0.15, 0.2) is 0 Å². The molecule has 1 aromatic carbocycles. The van der Waals surface area contributed by atoms with Crippen LogP contribution in [-0.4, -0.2) is 11.0 Å². The zero-order valence-electron chi connectivity index (χ0n) is 8.81. The Morgan fingerprint density at radius 2 is 2.24 bits per heavy atom. The fourth-order valence-electron chi connectivity index (χ4n) is 1.37. The summed E-state index contributed by atoms with van der Waals surface area (Å²) >= 11 is 0. The van der Waals surface area contributed by atoms with Gasteiger partial charge in [0.1, 0.15) is 11.6 Å². The van der Waals surface area contributed by atoms with Gasteiger partial charge in [0.2, 0.25) is 0 Å². The predicted molar refractivity (Wildman–Crippen MR) is 57.9 cm³/mol. The Bertz CT molecular complexity index is 523. The Morgan fingerprint density at radius 3 is 2.88 bits per heavy atom. The first-order chi connectivity index (χ1) is 8.16. The molecule has 0 bridgehead atoms. The van der Waals surface area contributed by atoms with Gasteiger partial charge in [-0.25, -0.2) is 4.39 Å². The first kappa shape index (κ1) is 11.2. The normalized spacial score (nSPS) is 10.2. The molecule has 0 unspecified atom stereocenters. The average Bonchev–Trinajstić information content (AvgIpc) is 2.78. The van der Waals surface area contributed by atoms with Gasteiger partial charge in [0.25, 0.3) is 5.91 Å². The lowest BCUT2D eigenvalue weighted by molar-refractivity contribution is 0.0948. The van der Waals surface area contributed by atoms with Gasteiger partial charge in [-0.3, -0.25) is 4.79 Å². The second-order valence-corrected chi connectivity index (χ2v) is 3.48. The number of hydrogen-bond donors (Lipinski definition) is 2. The molecule has 88 valence electrons. The summed E-state index contributed by atoms with van der Waals surface area (Å²) in [4.78, 5) is 11.6. The van der Waals surface area contributed by atoms with Crippen LogP contribution in [0.25, 0.3) is 0 Å². The van der Waals surface area contributed by atoms with Crippen molar-refractivity contribution in [3.05, 3.63) is 53.7 Å². The SMILES string of the molecule is O=C(NCc1ccoc1)c1ccc(F)cc1O. The highest BCUT2D eigenvalue weighted by Gasteiger charge is 2.11. The number of rotatable bonds is 3. The lowest BCUT2D eigenvalue weighted by atomic mass is 10.2. The minimum absolute atomic E-state index is 0.0369. The van der Waals surface area contributed by atoms with Crippen molar-refractivity contribution in [3.8, 4) is 5.75 Å². The van der Waals surface area contributed by atoms with Gasteiger partial charge in [0.05, 0.1) is 18.1 Å². The summed E-state index contributed by atoms with van der Waals surface area (Å²) in [7, 11) is 0. The van der Waals surface area contributed by atoms with Crippen molar-refractivity contribution in [2.45, 2.75) is 6.54 Å². The molecular weight excluding hydrogens is 225 g/mol. The van der Waals surface area contributed by atoms with Crippen molar-refractivity contribution in [3.63, 3.8) is 0 Å². The summed E-state index contributed by atoms with van der Waals surface area (Å²) < 4.78 is 17.6. The van der Waals surface area contributed by atoms with Crippen LogP contribution in [0.4, 0.5) is 4.39 Å². The summed E-state index contributed by atoms with van der Waals surface area (Å²) in [5.41, 5.74) is 0.842. The number of amides is 1. The number of nitrogens with one attached hydrogen (secondary N) is 1. The van der Waals surface area contributed by atoms with Crippen molar-refractivity contribution in [2.75, 3.05) is 0 Å². The fraction of sp³-hybridized carbons (Fsp3) is 0.0833. The zero-order valence-corrected chi connectivity index (χ0v) is 8.81. The number of benzene rings is 1. The summed E-state index contributed by atoms with van der Waals surface area (Å²) in [5.74, 6) is -1.44. The molecule has 5 heteroatoms. The summed E-state index contributed by atoms with van der Waals surface area (Å²) in [6.07, 6.45) is 3.00. The largest absolute Gasteiger partial charge is 0.507 e. The van der Waals surface area contributed by atoms with Crippen LogP contribution in [0.15, 0.2) is 41.2 Å². The number of carbonyl (C=O) groups excluding carboxylic acids is 1. The number of halogens is 1. The number of hydrogen-bond acceptors (Lipinski definition) is 3. The van der Waals surface area contributed by atoms with E-state index in [0.717, 1.165) is 17.7 Å². The maximum atomic E-state index is 12.7. The van der Waals surface area contributed by atoms with Crippen LogP contribution < -0.4 is 5.32 Å². The molecule has 0 spiro atoms. The second kappa shape index (κ2) is 4.69. The van der Waals surface area contributed by atoms with Gasteiger partial charge >= 0.3 is 0 Å². The molecule has 0 aliphatic rings. The number of aromatic hydroxyl groups is 1. The maximum Gasteiger partial charge on any atom is 0.255 e. The highest BCUT2D eigenvalue weighted by atomic mass is 19.1. The molecule has 2 N–H and O–H groups in total. The van der Waals surface area contributed by atoms with Crippen LogP contribution in [0.1, 0.15) is 15.9 Å². The van der Waals surface area contributed by atoms with E-state index in [4.69, 9.17) is 4.42 Å². The third kappa shape index (κ3) is 2.63. The average molecular weight is 235 g/mol. The van der Waals surface area contributed by atoms with Crippen LogP contribution in [0, 0.1) is 5.82 Å². The van der Waals surface area contributed by atoms with Crippen molar-refractivity contribution in [1.29, 1.82) is 0 Å². The Labute approximate surface area is 96.7 Å². The number of furan rings is 1. The molecule has 0 radical (unpaired) electrons. The number of phenolic OH excluding ortho intramolecular Hbond substituents is 1. The Balaban J connectivity index is 2.04. The van der Waals surface area contributed by atoms with Crippen molar-refractivity contribution in [2.24, 2.45) is 0 Å². The molecule has 17 heavy (non-hydrogen) atoms. The minimum Gasteiger partial charge on any atom is -0.507 e. The fourth-order valence-corrected chi connectivity index (χ4v) is 1.37. The van der Waals surface area contributed by atoms with E-state index in [0.29, 0.717) is 0 Å². The molecule has 0 saturated carbocycles. The summed E-state index contributed by atoms with van der Waals surface area (Å²) in [5, 5.41) is 12.0. The molecule has 0 aliphatic heterocycles. The Hall–Kier alpha value is -2.30. The van der Waals surface area contributed by atoms with Gasteiger partial charge in [-0.05, 0) is 18.2 Å². The van der Waals surface area contributed by atoms with E-state index in [1.807, 2.05) is 0 Å². The van der Waals surface area contributed by atoms with Crippen LogP contribution >= 0.6 is 0 Å². The first-order valence-corrected chi connectivity index (χ1v) is 4.94. The van der Waals surface area contributed by atoms with E-state index in [-0.39, 0.29) is 17.9 Å². The third-order valence-corrected chi connectivity index (χ3v) is 2.24. The van der Waals surface area contributed by atoms with Gasteiger partial charge in [-0.1, -0.05) is 0 Å². The lowest BCUT2D eigenvalue weighted by Crippen LogP contribution is -2.22. The first-order valence-electron chi connectivity index (χ1n) is 4.94. The van der Waals surface area contributed by atoms with Gasteiger partial charge in [-0.15, -0.1) is 0 Å². The summed E-state index contributed by atoms with van der Waals surface area (Å²) in [6, 6.07) is 4.96. The Morgan fingerprint density at radius 1 is 1.41 bits per heavy atom. The number of carbonyl (C=O) groups is 1. The van der Waals surface area contributed by atoms with E-state index in [1.54, 1.807) is 6.07 Å². The van der Waals surface area contributed by atoms with E-state index in [1.165, 1.54) is 18.6 Å². The highest BCUT2D eigenvalue weighted by molar-refractivity contribution is 5.96. The maximum absolute atomic E-state index is 12.7. The van der Waals surface area contributed by atoms with Crippen molar-refractivity contribution >= 4 is 5.91 Å². The number of phenols is 1. The quantitative estimate of drug-likeness (QED) is 0.855. The van der Waals surface area contributed by atoms with E-state index < -0.39 is 11.7 Å². The minimum atomic E-state index is -0.589. The molecule has 2 aromatic rings. The predicted octanol–water partition coefficient (Wildman–Crippen LogP) is 2.05. The van der Waals surface area contributed by atoms with E-state index in [9.17, 15) is 14.3 Å². The lowest BCUT2D eigenvalue weighted by Gasteiger charge is -2.05. The highest BCUT2D eigenvalue weighted by Crippen LogP contribution is 2.17. The van der Waals surface area contributed by atoms with Crippen LogP contribution in [0.3, 0.4) is 0 Å². The second-order valence-electron chi connectivity index (χ2n) is 3.48. The Kier molecular flexibility index (Phi) is 3.09. The van der Waals surface area contributed by atoms with Crippen molar-refractivity contribution < 1.29 is 18.7 Å². The molecule has 2 rings (SSSR count). The topological polar surface area (TPSA) is 62.5 Å². The standard InChI is InChI=1S/C12H10FNO3/c13-9-1-2-10(11(15)5-9)12(16)14-6-8-3-4-17-7-8/h1-5,7,15H,6H2,(H,14,16). The zero-order chi connectivity index (χ0) is 12.3. The van der Waals surface area contributed by atoms with Gasteiger partial charge < -0.3 is 14.8 Å². The smallest absolute Gasteiger partial charge is 0.255 e. The molecule has 0 fully saturated rings. The molecule has 0 aliphatic carbocycles. The summed E-state index contributed by atoms with van der Waals surface area (Å²) in [6.45, 7) is 0.284. The van der Waals surface area contributed by atoms with E-state index in [2.05, 4.69) is 5.32 Å².